The molecule has 28 heavy (non-hydrogen) atoms. The van der Waals surface area contributed by atoms with Crippen LogP contribution in [0.5, 0.6) is 17.2 Å². The molecule has 3 aromatic rings. The molecule has 1 N–H and O–H groups in total. The Hall–Kier alpha value is -3.12. The van der Waals surface area contributed by atoms with Crippen molar-refractivity contribution in [2.75, 3.05) is 7.11 Å². The Labute approximate surface area is 166 Å². The summed E-state index contributed by atoms with van der Waals surface area (Å²) in [4.78, 5) is 0. The maximum atomic E-state index is 10.3. The number of hydrogen-bond acceptors (Lipinski definition) is 6. The van der Waals surface area contributed by atoms with Crippen molar-refractivity contribution in [3.05, 3.63) is 76.7 Å². The summed E-state index contributed by atoms with van der Waals surface area (Å²) in [6.45, 7) is 0. The number of halogens is 1. The van der Waals surface area contributed by atoms with Crippen molar-refractivity contribution < 1.29 is 19.0 Å². The van der Waals surface area contributed by atoms with Gasteiger partial charge in [0.05, 0.1) is 25.1 Å². The van der Waals surface area contributed by atoms with Crippen molar-refractivity contribution in [1.29, 1.82) is 0 Å². The summed E-state index contributed by atoms with van der Waals surface area (Å²) in [5, 5.41) is 17.5. The predicted molar refractivity (Wildman–Crippen MR) is 104 cm³/mol. The number of rotatable bonds is 3. The Morgan fingerprint density at radius 3 is 2.89 bits per heavy atom. The fourth-order valence-electron chi connectivity index (χ4n) is 3.77. The second-order valence-electron chi connectivity index (χ2n) is 6.67. The van der Waals surface area contributed by atoms with Gasteiger partial charge >= 0.3 is 0 Å². The SMILES string of the molecule is COc1cccc2c1O[C@H](c1ccco1)N1N=C(c3cc(Cl)ccc3O)C[C@@H]21. The second-order valence-corrected chi connectivity index (χ2v) is 7.11. The van der Waals surface area contributed by atoms with Gasteiger partial charge < -0.3 is 19.0 Å². The van der Waals surface area contributed by atoms with Gasteiger partial charge in [0, 0.05) is 22.6 Å². The van der Waals surface area contributed by atoms with Gasteiger partial charge in [0.25, 0.3) is 0 Å². The fraction of sp³-hybridized carbons (Fsp3) is 0.190. The maximum absolute atomic E-state index is 10.3. The van der Waals surface area contributed by atoms with Crippen LogP contribution in [-0.2, 0) is 0 Å². The molecule has 0 amide bonds. The summed E-state index contributed by atoms with van der Waals surface area (Å²) in [5.41, 5.74) is 2.33. The molecule has 2 aromatic carbocycles. The Balaban J connectivity index is 1.64. The van der Waals surface area contributed by atoms with Crippen molar-refractivity contribution in [2.24, 2.45) is 5.10 Å². The number of para-hydroxylation sites is 1. The molecule has 0 unspecified atom stereocenters. The Morgan fingerprint density at radius 1 is 1.21 bits per heavy atom. The number of phenols is 1. The van der Waals surface area contributed by atoms with Gasteiger partial charge in [-0.25, -0.2) is 5.01 Å². The van der Waals surface area contributed by atoms with Gasteiger partial charge in [-0.3, -0.25) is 0 Å². The molecule has 0 saturated carbocycles. The molecular weight excluding hydrogens is 380 g/mol. The van der Waals surface area contributed by atoms with Crippen molar-refractivity contribution in [3.8, 4) is 17.2 Å². The zero-order valence-corrected chi connectivity index (χ0v) is 15.8. The largest absolute Gasteiger partial charge is 0.507 e. The lowest BCUT2D eigenvalue weighted by Crippen LogP contribution is -2.33. The number of hydrogen-bond donors (Lipinski definition) is 1. The van der Waals surface area contributed by atoms with E-state index in [1.807, 2.05) is 35.3 Å². The van der Waals surface area contributed by atoms with E-state index in [-0.39, 0.29) is 11.8 Å². The number of ether oxygens (including phenoxy) is 2. The van der Waals surface area contributed by atoms with Crippen LogP contribution in [-0.4, -0.2) is 22.9 Å². The third-order valence-corrected chi connectivity index (χ3v) is 5.29. The number of furan rings is 1. The van der Waals surface area contributed by atoms with Crippen LogP contribution in [0.2, 0.25) is 5.02 Å². The van der Waals surface area contributed by atoms with Crippen LogP contribution in [0.4, 0.5) is 0 Å². The van der Waals surface area contributed by atoms with E-state index in [2.05, 4.69) is 0 Å². The van der Waals surface area contributed by atoms with Crippen LogP contribution < -0.4 is 9.47 Å². The van der Waals surface area contributed by atoms with Gasteiger partial charge in [0.1, 0.15) is 5.75 Å². The lowest BCUT2D eigenvalue weighted by Gasteiger charge is -2.37. The minimum Gasteiger partial charge on any atom is -0.507 e. The number of nitrogens with zero attached hydrogens (tertiary/aromatic N) is 2. The summed E-state index contributed by atoms with van der Waals surface area (Å²) in [7, 11) is 1.62. The van der Waals surface area contributed by atoms with Crippen LogP contribution in [0, 0.1) is 0 Å². The smallest absolute Gasteiger partial charge is 0.246 e. The van der Waals surface area contributed by atoms with Crippen LogP contribution in [0.3, 0.4) is 0 Å². The van der Waals surface area contributed by atoms with E-state index in [1.165, 1.54) is 0 Å². The molecular formula is C21H17ClN2O4. The molecule has 0 fully saturated rings. The zero-order chi connectivity index (χ0) is 19.3. The maximum Gasteiger partial charge on any atom is 0.246 e. The molecule has 0 aliphatic carbocycles. The standard InChI is InChI=1S/C21H17ClN2O4/c1-26-18-5-2-4-13-16-11-15(14-10-12(22)7-8-17(14)25)23-24(16)21(28-20(13)18)19-6-3-9-27-19/h2-10,16,21,25H,11H2,1H3/t16-,21+/m0/s1. The Morgan fingerprint density at radius 2 is 2.11 bits per heavy atom. The van der Waals surface area contributed by atoms with Crippen molar-refractivity contribution in [2.45, 2.75) is 18.7 Å². The topological polar surface area (TPSA) is 67.4 Å². The first-order valence-electron chi connectivity index (χ1n) is 8.87. The van der Waals surface area contributed by atoms with E-state index < -0.39 is 6.23 Å². The molecule has 142 valence electrons. The van der Waals surface area contributed by atoms with Gasteiger partial charge in [-0.15, -0.1) is 0 Å². The van der Waals surface area contributed by atoms with Crippen LogP contribution in [0.1, 0.15) is 35.6 Å². The van der Waals surface area contributed by atoms with Gasteiger partial charge in [-0.1, -0.05) is 23.7 Å². The highest BCUT2D eigenvalue weighted by Gasteiger charge is 2.43. The minimum absolute atomic E-state index is 0.0812. The highest BCUT2D eigenvalue weighted by Crippen LogP contribution is 2.51. The number of aromatic hydroxyl groups is 1. The van der Waals surface area contributed by atoms with E-state index in [9.17, 15) is 5.11 Å². The average Bonchev–Trinajstić information content (AvgIpc) is 3.39. The second kappa shape index (κ2) is 6.49. The molecule has 0 saturated heterocycles. The third-order valence-electron chi connectivity index (χ3n) is 5.06. The number of hydrazone groups is 1. The summed E-state index contributed by atoms with van der Waals surface area (Å²) < 4.78 is 17.4. The van der Waals surface area contributed by atoms with Gasteiger partial charge in [0.15, 0.2) is 17.3 Å². The number of phenolic OH excluding ortho intramolecular Hbond substituents is 1. The minimum atomic E-state index is -0.539. The molecule has 1 aromatic heterocycles. The van der Waals surface area contributed by atoms with Gasteiger partial charge in [-0.05, 0) is 36.4 Å². The first-order valence-corrected chi connectivity index (χ1v) is 9.25. The van der Waals surface area contributed by atoms with Gasteiger partial charge in [-0.2, -0.15) is 5.10 Å². The van der Waals surface area contributed by atoms with Crippen LogP contribution in [0.15, 0.2) is 64.3 Å². The van der Waals surface area contributed by atoms with Crippen molar-refractivity contribution in [1.82, 2.24) is 5.01 Å². The van der Waals surface area contributed by atoms with Crippen molar-refractivity contribution >= 4 is 17.3 Å². The normalized spacial score (nSPS) is 20.2. The van der Waals surface area contributed by atoms with E-state index in [4.69, 9.17) is 30.6 Å². The lowest BCUT2D eigenvalue weighted by molar-refractivity contribution is -0.0342. The first-order chi connectivity index (χ1) is 13.7. The molecule has 2 atom stereocenters. The molecule has 0 bridgehead atoms. The highest BCUT2D eigenvalue weighted by atomic mass is 35.5. The molecule has 0 radical (unpaired) electrons. The van der Waals surface area contributed by atoms with E-state index in [1.54, 1.807) is 31.6 Å². The number of fused-ring (bicyclic) bond motifs is 3. The van der Waals surface area contributed by atoms with Crippen molar-refractivity contribution in [3.63, 3.8) is 0 Å². The van der Waals surface area contributed by atoms with E-state index in [0.29, 0.717) is 34.3 Å². The summed E-state index contributed by atoms with van der Waals surface area (Å²) in [5.74, 6) is 2.12. The molecule has 7 heteroatoms. The molecule has 3 heterocycles. The summed E-state index contributed by atoms with van der Waals surface area (Å²) >= 11 is 6.14. The summed E-state index contributed by atoms with van der Waals surface area (Å²) in [6, 6.07) is 14.3. The highest BCUT2D eigenvalue weighted by molar-refractivity contribution is 6.31. The van der Waals surface area contributed by atoms with Gasteiger partial charge in [0.2, 0.25) is 6.23 Å². The number of methoxy groups -OCH3 is 1. The summed E-state index contributed by atoms with van der Waals surface area (Å²) in [6.07, 6.45) is 1.66. The Bertz CT molecular complexity index is 1060. The molecule has 0 spiro atoms. The zero-order valence-electron chi connectivity index (χ0n) is 15.0. The monoisotopic (exact) mass is 396 g/mol. The third kappa shape index (κ3) is 2.60. The van der Waals surface area contributed by atoms with E-state index >= 15 is 0 Å². The molecule has 2 aliphatic rings. The number of benzene rings is 2. The lowest BCUT2D eigenvalue weighted by atomic mass is 9.95. The quantitative estimate of drug-likeness (QED) is 0.682. The Kier molecular flexibility index (Phi) is 3.94. The predicted octanol–water partition coefficient (Wildman–Crippen LogP) is 4.89. The van der Waals surface area contributed by atoms with Crippen LogP contribution >= 0.6 is 11.6 Å². The first kappa shape index (κ1) is 17.0. The fourth-order valence-corrected chi connectivity index (χ4v) is 3.94. The van der Waals surface area contributed by atoms with E-state index in [0.717, 1.165) is 11.3 Å². The molecule has 2 aliphatic heterocycles. The molecule has 5 rings (SSSR count). The average molecular weight is 397 g/mol. The van der Waals surface area contributed by atoms with Crippen LogP contribution in [0.25, 0.3) is 0 Å². The molecule has 6 nitrogen and oxygen atoms in total.